The number of hydrogen-bond acceptors (Lipinski definition) is 8. The molecule has 6 atom stereocenters. The number of ether oxygens (including phenoxy) is 2. The zero-order chi connectivity index (χ0) is 38.6. The van der Waals surface area contributed by atoms with E-state index in [2.05, 4.69) is 79.4 Å². The summed E-state index contributed by atoms with van der Waals surface area (Å²) in [4.78, 5) is 38.3. The van der Waals surface area contributed by atoms with Gasteiger partial charge in [-0.15, -0.1) is 0 Å². The Morgan fingerprint density at radius 3 is 1.15 bits per heavy atom. The standard InChI is InChI=1S/C44H84N2O6/c1-11-13-15-17-23-27-31-49-45-37(5)35(3)39(33-43(45,7)8)51-41(47)29-25-21-19-20-22-26-30-42(48)52-40-34-44(9,10)46(38(6)36(40)4)50-32-28-24-18-16-14-12-2/h35-40H,11-34H2,1-10H3. The van der Waals surface area contributed by atoms with Crippen LogP contribution in [0.1, 0.15) is 210 Å². The summed E-state index contributed by atoms with van der Waals surface area (Å²) in [7, 11) is 0. The number of esters is 2. The van der Waals surface area contributed by atoms with Crippen molar-refractivity contribution in [3.05, 3.63) is 0 Å². The minimum atomic E-state index is -0.183. The lowest BCUT2D eigenvalue weighted by atomic mass is 9.80. The molecule has 6 unspecified atom stereocenters. The van der Waals surface area contributed by atoms with Crippen molar-refractivity contribution in [2.45, 2.75) is 246 Å². The van der Waals surface area contributed by atoms with Gasteiger partial charge in [-0.25, -0.2) is 0 Å². The lowest BCUT2D eigenvalue weighted by molar-refractivity contribution is -0.277. The number of hydrogen-bond donors (Lipinski definition) is 0. The Hall–Kier alpha value is -1.22. The fourth-order valence-electron chi connectivity index (χ4n) is 8.36. The van der Waals surface area contributed by atoms with Crippen molar-refractivity contribution in [2.75, 3.05) is 13.2 Å². The molecule has 0 bridgehead atoms. The monoisotopic (exact) mass is 737 g/mol. The molecule has 2 aliphatic rings. The Bertz CT molecular complexity index is 896. The summed E-state index contributed by atoms with van der Waals surface area (Å²) in [6.45, 7) is 23.6. The molecular weight excluding hydrogens is 652 g/mol. The van der Waals surface area contributed by atoms with Crippen LogP contribution in [0.5, 0.6) is 0 Å². The lowest BCUT2D eigenvalue weighted by Crippen LogP contribution is -2.60. The number of nitrogens with zero attached hydrogens (tertiary/aromatic N) is 2. The zero-order valence-electron chi connectivity index (χ0n) is 35.8. The Kier molecular flexibility index (Phi) is 22.6. The minimum absolute atomic E-state index is 0.0778. The highest BCUT2D eigenvalue weighted by Gasteiger charge is 2.47. The summed E-state index contributed by atoms with van der Waals surface area (Å²) >= 11 is 0. The predicted molar refractivity (Wildman–Crippen MR) is 214 cm³/mol. The van der Waals surface area contributed by atoms with E-state index in [0.717, 1.165) is 77.4 Å². The van der Waals surface area contributed by atoms with Gasteiger partial charge in [0.25, 0.3) is 0 Å². The molecule has 8 heteroatoms. The SMILES string of the molecule is CCCCCCCCON1C(C)C(C)C(OC(=O)CCCCCCCCC(=O)OC2CC(C)(C)N(OCCCCCCCC)C(C)C2C)CC1(C)C. The van der Waals surface area contributed by atoms with E-state index in [1.807, 2.05) is 0 Å². The summed E-state index contributed by atoms with van der Waals surface area (Å²) < 4.78 is 12.1. The zero-order valence-corrected chi connectivity index (χ0v) is 35.8. The molecule has 306 valence electrons. The van der Waals surface area contributed by atoms with Gasteiger partial charge in [0.05, 0.1) is 13.2 Å². The molecule has 0 spiro atoms. The summed E-state index contributed by atoms with van der Waals surface area (Å²) in [5.74, 6) is 0.276. The van der Waals surface area contributed by atoms with Crippen LogP contribution in [0.3, 0.4) is 0 Å². The molecule has 2 rings (SSSR count). The third-order valence-electron chi connectivity index (χ3n) is 12.1. The van der Waals surface area contributed by atoms with Gasteiger partial charge >= 0.3 is 11.9 Å². The van der Waals surface area contributed by atoms with Crippen molar-refractivity contribution in [1.29, 1.82) is 0 Å². The van der Waals surface area contributed by atoms with E-state index in [0.29, 0.717) is 12.8 Å². The van der Waals surface area contributed by atoms with E-state index in [9.17, 15) is 9.59 Å². The van der Waals surface area contributed by atoms with Crippen LogP contribution in [0.2, 0.25) is 0 Å². The highest BCUT2D eigenvalue weighted by molar-refractivity contribution is 5.70. The average Bonchev–Trinajstić information content (AvgIpc) is 3.08. The van der Waals surface area contributed by atoms with E-state index in [4.69, 9.17) is 19.1 Å². The van der Waals surface area contributed by atoms with Gasteiger partial charge in [0.15, 0.2) is 0 Å². The van der Waals surface area contributed by atoms with Crippen LogP contribution in [-0.4, -0.2) is 70.6 Å². The molecule has 0 aliphatic carbocycles. The molecule has 2 heterocycles. The number of unbranched alkanes of at least 4 members (excludes halogenated alkanes) is 15. The quantitative estimate of drug-likeness (QED) is 0.0609. The number of carbonyl (C=O) groups is 2. The number of hydroxylamine groups is 4. The second-order valence-corrected chi connectivity index (χ2v) is 17.8. The largest absolute Gasteiger partial charge is 0.462 e. The minimum Gasteiger partial charge on any atom is -0.462 e. The molecule has 0 amide bonds. The van der Waals surface area contributed by atoms with Crippen LogP contribution in [0.15, 0.2) is 0 Å². The van der Waals surface area contributed by atoms with Crippen molar-refractivity contribution in [2.24, 2.45) is 11.8 Å². The molecule has 0 saturated carbocycles. The maximum absolute atomic E-state index is 12.8. The Labute approximate surface area is 321 Å². The second-order valence-electron chi connectivity index (χ2n) is 17.8. The average molecular weight is 737 g/mol. The maximum Gasteiger partial charge on any atom is 0.306 e. The molecular formula is C44H84N2O6. The van der Waals surface area contributed by atoms with Crippen LogP contribution in [0.25, 0.3) is 0 Å². The highest BCUT2D eigenvalue weighted by atomic mass is 16.7. The first-order chi connectivity index (χ1) is 24.7. The van der Waals surface area contributed by atoms with Crippen molar-refractivity contribution < 1.29 is 28.7 Å². The van der Waals surface area contributed by atoms with Crippen molar-refractivity contribution in [1.82, 2.24) is 10.1 Å². The lowest BCUT2D eigenvalue weighted by Gasteiger charge is -2.50. The van der Waals surface area contributed by atoms with Crippen LogP contribution < -0.4 is 0 Å². The van der Waals surface area contributed by atoms with E-state index in [1.54, 1.807) is 0 Å². The molecule has 2 fully saturated rings. The normalized spacial score (nSPS) is 26.3. The van der Waals surface area contributed by atoms with Gasteiger partial charge < -0.3 is 9.47 Å². The number of piperidine rings is 2. The van der Waals surface area contributed by atoms with Gasteiger partial charge in [0.1, 0.15) is 12.2 Å². The smallest absolute Gasteiger partial charge is 0.306 e. The summed E-state index contributed by atoms with van der Waals surface area (Å²) in [6, 6.07) is 0.370. The van der Waals surface area contributed by atoms with Gasteiger partial charge in [-0.05, 0) is 67.2 Å². The van der Waals surface area contributed by atoms with Gasteiger partial charge in [-0.3, -0.25) is 19.3 Å². The van der Waals surface area contributed by atoms with Gasteiger partial charge in [-0.1, -0.05) is 118 Å². The van der Waals surface area contributed by atoms with Gasteiger partial charge in [0.2, 0.25) is 0 Å². The van der Waals surface area contributed by atoms with Crippen LogP contribution in [0.4, 0.5) is 0 Å². The highest BCUT2D eigenvalue weighted by Crippen LogP contribution is 2.39. The Morgan fingerprint density at radius 1 is 0.500 bits per heavy atom. The molecule has 0 aromatic rings. The second kappa shape index (κ2) is 25.0. The molecule has 52 heavy (non-hydrogen) atoms. The van der Waals surface area contributed by atoms with E-state index in [1.165, 1.54) is 64.2 Å². The molecule has 2 aliphatic heterocycles. The van der Waals surface area contributed by atoms with Gasteiger partial charge in [-0.2, -0.15) is 10.1 Å². The van der Waals surface area contributed by atoms with E-state index < -0.39 is 0 Å². The number of carbonyl (C=O) groups excluding carboxylic acids is 2. The topological polar surface area (TPSA) is 77.5 Å². The van der Waals surface area contributed by atoms with E-state index in [-0.39, 0.29) is 59.1 Å². The summed E-state index contributed by atoms with van der Waals surface area (Å²) in [5.41, 5.74) is -0.365. The molecule has 0 aromatic heterocycles. The Morgan fingerprint density at radius 2 is 0.808 bits per heavy atom. The van der Waals surface area contributed by atoms with E-state index >= 15 is 0 Å². The molecule has 2 saturated heterocycles. The van der Waals surface area contributed by atoms with Crippen LogP contribution in [0, 0.1) is 11.8 Å². The molecule has 0 radical (unpaired) electrons. The number of rotatable bonds is 27. The first-order valence-corrected chi connectivity index (χ1v) is 22.0. The van der Waals surface area contributed by atoms with Crippen LogP contribution >= 0.6 is 0 Å². The Balaban J connectivity index is 1.58. The van der Waals surface area contributed by atoms with Crippen molar-refractivity contribution in [3.63, 3.8) is 0 Å². The third kappa shape index (κ3) is 16.7. The van der Waals surface area contributed by atoms with Crippen molar-refractivity contribution >= 4 is 11.9 Å². The summed E-state index contributed by atoms with van der Waals surface area (Å²) in [5, 5.41) is 4.35. The fraction of sp³-hybridized carbons (Fsp3) is 0.955. The van der Waals surface area contributed by atoms with Gasteiger partial charge in [0, 0.05) is 60.7 Å². The summed E-state index contributed by atoms with van der Waals surface area (Å²) in [6.07, 6.45) is 23.2. The maximum atomic E-state index is 12.8. The molecule has 0 N–H and O–H groups in total. The van der Waals surface area contributed by atoms with Crippen LogP contribution in [-0.2, 0) is 28.7 Å². The molecule has 8 nitrogen and oxygen atoms in total. The molecule has 0 aromatic carbocycles. The first kappa shape index (κ1) is 46.9. The third-order valence-corrected chi connectivity index (χ3v) is 12.1. The first-order valence-electron chi connectivity index (χ1n) is 22.0. The fourth-order valence-corrected chi connectivity index (χ4v) is 8.36. The van der Waals surface area contributed by atoms with Crippen molar-refractivity contribution in [3.8, 4) is 0 Å². The predicted octanol–water partition coefficient (Wildman–Crippen LogP) is 11.5.